The van der Waals surface area contributed by atoms with E-state index < -0.39 is 6.04 Å². The number of carbonyl (C=O) groups is 4. The average molecular weight is 790 g/mol. The van der Waals surface area contributed by atoms with E-state index in [-0.39, 0.29) is 42.3 Å². The minimum absolute atomic E-state index is 0.0531. The Labute approximate surface area is 338 Å². The number of piperazine rings is 2. The van der Waals surface area contributed by atoms with Crippen LogP contribution in [0.25, 0.3) is 0 Å². The molecule has 58 heavy (non-hydrogen) atoms. The summed E-state index contributed by atoms with van der Waals surface area (Å²) in [5, 5.41) is 14.7. The Morgan fingerprint density at radius 3 is 2.34 bits per heavy atom. The first kappa shape index (κ1) is 38.9. The van der Waals surface area contributed by atoms with E-state index >= 15 is 0 Å². The normalized spacial score (nSPS) is 23.1. The van der Waals surface area contributed by atoms with Gasteiger partial charge in [0.1, 0.15) is 17.9 Å². The molecule has 5 aliphatic heterocycles. The predicted molar refractivity (Wildman–Crippen MR) is 218 cm³/mol. The van der Waals surface area contributed by atoms with Crippen molar-refractivity contribution in [3.63, 3.8) is 0 Å². The summed E-state index contributed by atoms with van der Waals surface area (Å²) in [6.45, 7) is 12.2. The van der Waals surface area contributed by atoms with Gasteiger partial charge in [-0.25, -0.2) is 14.8 Å². The van der Waals surface area contributed by atoms with Crippen molar-refractivity contribution in [3.8, 4) is 11.8 Å². The summed E-state index contributed by atoms with van der Waals surface area (Å²) < 4.78 is 5.42. The van der Waals surface area contributed by atoms with Gasteiger partial charge in [0, 0.05) is 107 Å². The summed E-state index contributed by atoms with van der Waals surface area (Å²) in [7, 11) is 1.56. The number of amides is 5. The summed E-state index contributed by atoms with van der Waals surface area (Å²) >= 11 is 0. The fourth-order valence-electron chi connectivity index (χ4n) is 9.09. The largest absolute Gasteiger partial charge is 0.495 e. The SMILES string of the molecule is COc1cc(N2C[C@@H](C)N(C(=O)Nc3cnc(N4CCC(CN5CCN(c6ccc7c(c6)CN(C6CCC(=O)NC6=O)C7=O)CC5)CC4)nc3)C[C@@H]2C)ccc1C#N. The Bertz CT molecular complexity index is 2090. The summed E-state index contributed by atoms with van der Waals surface area (Å²) in [6.07, 6.45) is 6.10. The van der Waals surface area contributed by atoms with Gasteiger partial charge in [0.2, 0.25) is 17.8 Å². The molecule has 8 rings (SSSR count). The lowest BCUT2D eigenvalue weighted by atomic mass is 9.96. The van der Waals surface area contributed by atoms with Gasteiger partial charge < -0.3 is 34.6 Å². The van der Waals surface area contributed by atoms with Crippen molar-refractivity contribution in [2.24, 2.45) is 5.92 Å². The molecule has 5 aliphatic rings. The number of aromatic nitrogens is 2. The molecule has 3 atom stereocenters. The maximum atomic E-state index is 13.4. The molecule has 3 aromatic rings. The predicted octanol–water partition coefficient (Wildman–Crippen LogP) is 3.29. The fraction of sp³-hybridized carbons (Fsp3) is 0.500. The monoisotopic (exact) mass is 789 g/mol. The van der Waals surface area contributed by atoms with Gasteiger partial charge in [0.15, 0.2) is 0 Å². The molecule has 2 N–H and O–H groups in total. The molecule has 1 aromatic heterocycles. The third-order valence-corrected chi connectivity index (χ3v) is 12.4. The lowest BCUT2D eigenvalue weighted by molar-refractivity contribution is -0.136. The van der Waals surface area contributed by atoms with Gasteiger partial charge in [-0.15, -0.1) is 0 Å². The van der Waals surface area contributed by atoms with Crippen molar-refractivity contribution >= 4 is 46.8 Å². The molecule has 0 spiro atoms. The summed E-state index contributed by atoms with van der Waals surface area (Å²) in [6, 6.07) is 12.9. The standard InChI is InChI=1S/C42H51N11O5/c1-27-24-52(28(2)23-51(27)34-5-4-30(20-43)37(19-34)58-3)42(57)46-32-21-44-41(45-22-32)50-12-10-29(11-13-50)25-48-14-16-49(17-15-48)33-6-7-35-31(18-33)26-53(40(35)56)36-8-9-38(54)47-39(36)55/h4-7,18-19,21-22,27-29,36H,8-17,23-26H2,1-3H3,(H,46,57)(H,47,54,55)/t27-,28+,36?/m0/s1. The smallest absolute Gasteiger partial charge is 0.322 e. The number of urea groups is 1. The van der Waals surface area contributed by atoms with Crippen LogP contribution in [0.4, 0.5) is 27.8 Å². The number of rotatable bonds is 8. The zero-order valence-corrected chi connectivity index (χ0v) is 33.4. The van der Waals surface area contributed by atoms with Crippen LogP contribution < -0.4 is 30.1 Å². The van der Waals surface area contributed by atoms with Gasteiger partial charge in [-0.3, -0.25) is 24.6 Å². The zero-order valence-electron chi connectivity index (χ0n) is 33.4. The van der Waals surface area contributed by atoms with Crippen LogP contribution in [0, 0.1) is 17.2 Å². The number of nitriles is 1. The molecule has 16 nitrogen and oxygen atoms in total. The number of fused-ring (bicyclic) bond motifs is 1. The van der Waals surface area contributed by atoms with Gasteiger partial charge in [-0.1, -0.05) is 0 Å². The maximum Gasteiger partial charge on any atom is 0.322 e. The number of ether oxygens (including phenoxy) is 1. The summed E-state index contributed by atoms with van der Waals surface area (Å²) in [4.78, 5) is 72.7. The van der Waals surface area contributed by atoms with Crippen molar-refractivity contribution in [1.29, 1.82) is 5.26 Å². The number of carbonyl (C=O) groups excluding carboxylic acids is 4. The molecule has 0 radical (unpaired) electrons. The van der Waals surface area contributed by atoms with Crippen LogP contribution in [-0.2, 0) is 16.1 Å². The Morgan fingerprint density at radius 2 is 1.64 bits per heavy atom. The minimum Gasteiger partial charge on any atom is -0.495 e. The number of methoxy groups -OCH3 is 1. The van der Waals surface area contributed by atoms with Crippen molar-refractivity contribution in [3.05, 3.63) is 65.5 Å². The Morgan fingerprint density at radius 1 is 0.897 bits per heavy atom. The first-order valence-corrected chi connectivity index (χ1v) is 20.3. The van der Waals surface area contributed by atoms with E-state index in [4.69, 9.17) is 4.74 Å². The van der Waals surface area contributed by atoms with E-state index in [0.29, 0.717) is 60.5 Å². The molecule has 4 saturated heterocycles. The van der Waals surface area contributed by atoms with Crippen molar-refractivity contribution in [1.82, 2.24) is 30.0 Å². The first-order chi connectivity index (χ1) is 28.1. The molecule has 0 aliphatic carbocycles. The van der Waals surface area contributed by atoms with Crippen LogP contribution in [0.1, 0.15) is 61.0 Å². The summed E-state index contributed by atoms with van der Waals surface area (Å²) in [5.41, 5.74) is 4.68. The number of nitrogens with one attached hydrogen (secondary N) is 2. The van der Waals surface area contributed by atoms with E-state index in [2.05, 4.69) is 59.3 Å². The highest BCUT2D eigenvalue weighted by Crippen LogP contribution is 2.32. The molecule has 5 amide bonds. The first-order valence-electron chi connectivity index (χ1n) is 20.3. The van der Waals surface area contributed by atoms with Gasteiger partial charge >= 0.3 is 6.03 Å². The molecule has 2 aromatic carbocycles. The lowest BCUT2D eigenvalue weighted by Gasteiger charge is -2.45. The third-order valence-electron chi connectivity index (χ3n) is 12.4. The summed E-state index contributed by atoms with van der Waals surface area (Å²) in [5.74, 6) is 0.993. The van der Waals surface area contributed by atoms with Crippen molar-refractivity contribution in [2.75, 3.05) is 86.0 Å². The number of benzene rings is 2. The minimum atomic E-state index is -0.606. The molecule has 0 bridgehead atoms. The van der Waals surface area contributed by atoms with Crippen LogP contribution in [0.2, 0.25) is 0 Å². The topological polar surface area (TPSA) is 171 Å². The van der Waals surface area contributed by atoms with Crippen LogP contribution in [-0.4, -0.2) is 133 Å². The lowest BCUT2D eigenvalue weighted by Crippen LogP contribution is -2.59. The van der Waals surface area contributed by atoms with Gasteiger partial charge in [-0.05, 0) is 74.9 Å². The van der Waals surface area contributed by atoms with E-state index in [9.17, 15) is 24.4 Å². The molecule has 16 heteroatoms. The van der Waals surface area contributed by atoms with E-state index in [1.807, 2.05) is 36.1 Å². The molecular formula is C42H51N11O5. The maximum absolute atomic E-state index is 13.4. The number of piperidine rings is 2. The molecule has 4 fully saturated rings. The second-order valence-electron chi connectivity index (χ2n) is 16.2. The highest BCUT2D eigenvalue weighted by Gasteiger charge is 2.39. The molecule has 6 heterocycles. The zero-order chi connectivity index (χ0) is 40.5. The number of imide groups is 1. The quantitative estimate of drug-likeness (QED) is 0.320. The molecule has 0 saturated carbocycles. The number of hydrogen-bond donors (Lipinski definition) is 2. The van der Waals surface area contributed by atoms with E-state index in [1.165, 1.54) is 0 Å². The second kappa shape index (κ2) is 16.5. The third kappa shape index (κ3) is 7.95. The Balaban J connectivity index is 0.769. The van der Waals surface area contributed by atoms with Crippen LogP contribution in [0.3, 0.4) is 0 Å². The van der Waals surface area contributed by atoms with E-state index in [1.54, 1.807) is 30.5 Å². The van der Waals surface area contributed by atoms with E-state index in [0.717, 1.165) is 75.6 Å². The van der Waals surface area contributed by atoms with Crippen LogP contribution in [0.15, 0.2) is 48.8 Å². The molecule has 304 valence electrons. The van der Waals surface area contributed by atoms with Crippen LogP contribution in [0.5, 0.6) is 5.75 Å². The van der Waals surface area contributed by atoms with Crippen LogP contribution >= 0.6 is 0 Å². The average Bonchev–Trinajstić information content (AvgIpc) is 3.56. The number of anilines is 4. The fourth-order valence-corrected chi connectivity index (χ4v) is 9.09. The number of nitrogens with zero attached hydrogens (tertiary/aromatic N) is 9. The Hall–Kier alpha value is -5.95. The Kier molecular flexibility index (Phi) is 11.1. The van der Waals surface area contributed by atoms with Gasteiger partial charge in [0.25, 0.3) is 5.91 Å². The van der Waals surface area contributed by atoms with Crippen molar-refractivity contribution < 1.29 is 23.9 Å². The van der Waals surface area contributed by atoms with Crippen molar-refractivity contribution in [2.45, 2.75) is 64.2 Å². The highest BCUT2D eigenvalue weighted by molar-refractivity contribution is 6.05. The molecule has 1 unspecified atom stereocenters. The number of hydrogen-bond acceptors (Lipinski definition) is 12. The molecular weight excluding hydrogens is 739 g/mol. The van der Waals surface area contributed by atoms with Gasteiger partial charge in [-0.2, -0.15) is 5.26 Å². The van der Waals surface area contributed by atoms with Gasteiger partial charge in [0.05, 0.1) is 30.8 Å². The second-order valence-corrected chi connectivity index (χ2v) is 16.2. The highest BCUT2D eigenvalue weighted by atomic mass is 16.5.